The van der Waals surface area contributed by atoms with Crippen molar-refractivity contribution in [1.29, 1.82) is 0 Å². The van der Waals surface area contributed by atoms with E-state index in [1.54, 1.807) is 14.2 Å². The number of imidazole rings is 1. The molecular formula is C23H28BrN3O4. The van der Waals surface area contributed by atoms with Gasteiger partial charge in [-0.25, -0.2) is 4.98 Å². The molecule has 2 aromatic carbocycles. The summed E-state index contributed by atoms with van der Waals surface area (Å²) in [6.45, 7) is 3.36. The maximum Gasteiger partial charge on any atom is 0.160 e. The summed E-state index contributed by atoms with van der Waals surface area (Å²) in [5, 5.41) is 13.4. The number of aromatic amines is 1. The molecule has 0 amide bonds. The molecule has 3 N–H and O–H groups in total. The molecular weight excluding hydrogens is 462 g/mol. The summed E-state index contributed by atoms with van der Waals surface area (Å²) in [6.07, 6.45) is 0.214. The van der Waals surface area contributed by atoms with E-state index in [-0.39, 0.29) is 6.61 Å². The summed E-state index contributed by atoms with van der Waals surface area (Å²) in [4.78, 5) is 7.65. The number of hydrogen-bond acceptors (Lipinski definition) is 6. The molecule has 0 spiro atoms. The van der Waals surface area contributed by atoms with Gasteiger partial charge in [0.2, 0.25) is 0 Å². The number of H-pyrrole nitrogens is 1. The van der Waals surface area contributed by atoms with Gasteiger partial charge in [-0.15, -0.1) is 0 Å². The standard InChI is InChI=1S/C23H28BrN3O4/c1-15-22(24)27-23(26-15)17-5-7-19(8-6-17)31-14-18(28)13-25-11-10-16-4-9-20(29-2)21(12-16)30-3/h4-9,12,18,25,28H,10-11,13-14H2,1-3H3,(H,26,27). The van der Waals surface area contributed by atoms with Gasteiger partial charge in [0.25, 0.3) is 0 Å². The van der Waals surface area contributed by atoms with Crippen LogP contribution in [0.4, 0.5) is 0 Å². The Morgan fingerprint density at radius 3 is 2.48 bits per heavy atom. The van der Waals surface area contributed by atoms with Gasteiger partial charge >= 0.3 is 0 Å². The molecule has 0 aliphatic carbocycles. The topological polar surface area (TPSA) is 88.6 Å². The van der Waals surface area contributed by atoms with E-state index < -0.39 is 6.10 Å². The zero-order chi connectivity index (χ0) is 22.2. The maximum atomic E-state index is 10.2. The highest BCUT2D eigenvalue weighted by Gasteiger charge is 2.09. The van der Waals surface area contributed by atoms with E-state index in [0.29, 0.717) is 23.8 Å². The molecule has 0 aliphatic rings. The Balaban J connectivity index is 1.39. The first-order valence-electron chi connectivity index (χ1n) is 10.0. The van der Waals surface area contributed by atoms with E-state index in [1.807, 2.05) is 49.4 Å². The smallest absolute Gasteiger partial charge is 0.160 e. The van der Waals surface area contributed by atoms with Gasteiger partial charge in [-0.3, -0.25) is 0 Å². The Morgan fingerprint density at radius 1 is 1.10 bits per heavy atom. The van der Waals surface area contributed by atoms with Crippen molar-refractivity contribution in [3.05, 3.63) is 58.3 Å². The summed E-state index contributed by atoms with van der Waals surface area (Å²) in [5.41, 5.74) is 3.09. The van der Waals surface area contributed by atoms with Crippen LogP contribution in [-0.2, 0) is 6.42 Å². The summed E-state index contributed by atoms with van der Waals surface area (Å²) < 4.78 is 17.1. The van der Waals surface area contributed by atoms with Crippen molar-refractivity contribution in [1.82, 2.24) is 15.3 Å². The number of aliphatic hydroxyl groups excluding tert-OH is 1. The summed E-state index contributed by atoms with van der Waals surface area (Å²) in [7, 11) is 3.25. The Bertz CT molecular complexity index is 956. The predicted molar refractivity (Wildman–Crippen MR) is 124 cm³/mol. The van der Waals surface area contributed by atoms with Gasteiger partial charge < -0.3 is 29.6 Å². The minimum absolute atomic E-state index is 0.216. The predicted octanol–water partition coefficient (Wildman–Crippen LogP) is 3.74. The quantitative estimate of drug-likeness (QED) is 0.355. The lowest BCUT2D eigenvalue weighted by Crippen LogP contribution is -2.32. The van der Waals surface area contributed by atoms with E-state index >= 15 is 0 Å². The molecule has 0 bridgehead atoms. The van der Waals surface area contributed by atoms with Gasteiger partial charge in [-0.1, -0.05) is 6.07 Å². The maximum absolute atomic E-state index is 10.2. The van der Waals surface area contributed by atoms with E-state index in [9.17, 15) is 5.11 Å². The Kier molecular flexibility index (Phi) is 8.34. The van der Waals surface area contributed by atoms with Crippen LogP contribution in [0.5, 0.6) is 17.2 Å². The average molecular weight is 490 g/mol. The third-order valence-corrected chi connectivity index (χ3v) is 5.59. The number of nitrogens with zero attached hydrogens (tertiary/aromatic N) is 1. The van der Waals surface area contributed by atoms with Gasteiger partial charge in [0.15, 0.2) is 11.5 Å². The molecule has 31 heavy (non-hydrogen) atoms. The van der Waals surface area contributed by atoms with E-state index in [1.165, 1.54) is 0 Å². The summed E-state index contributed by atoms with van der Waals surface area (Å²) in [5.74, 6) is 2.94. The van der Waals surface area contributed by atoms with E-state index in [0.717, 1.165) is 40.2 Å². The molecule has 1 atom stereocenters. The first-order valence-corrected chi connectivity index (χ1v) is 10.8. The number of ether oxygens (including phenoxy) is 3. The Morgan fingerprint density at radius 2 is 1.84 bits per heavy atom. The number of methoxy groups -OCH3 is 2. The number of hydrogen-bond donors (Lipinski definition) is 3. The second-order valence-corrected chi connectivity index (χ2v) is 7.89. The van der Waals surface area contributed by atoms with Crippen LogP contribution in [0.2, 0.25) is 0 Å². The zero-order valence-electron chi connectivity index (χ0n) is 17.9. The fourth-order valence-electron chi connectivity index (χ4n) is 3.07. The normalized spacial score (nSPS) is 11.9. The minimum Gasteiger partial charge on any atom is -0.493 e. The van der Waals surface area contributed by atoms with E-state index in [2.05, 4.69) is 31.2 Å². The van der Waals surface area contributed by atoms with Crippen molar-refractivity contribution >= 4 is 15.9 Å². The molecule has 0 saturated heterocycles. The van der Waals surface area contributed by atoms with Crippen LogP contribution >= 0.6 is 15.9 Å². The van der Waals surface area contributed by atoms with Gasteiger partial charge in [-0.2, -0.15) is 0 Å². The number of aromatic nitrogens is 2. The van der Waals surface area contributed by atoms with Gasteiger partial charge in [-0.05, 0) is 77.8 Å². The average Bonchev–Trinajstić information content (AvgIpc) is 3.13. The molecule has 0 aliphatic heterocycles. The van der Waals surface area contributed by atoms with E-state index in [4.69, 9.17) is 14.2 Å². The Hall–Kier alpha value is -2.55. The molecule has 1 aromatic heterocycles. The second-order valence-electron chi connectivity index (χ2n) is 7.13. The Labute approximate surface area is 190 Å². The first-order chi connectivity index (χ1) is 15.0. The van der Waals surface area contributed by atoms with Crippen LogP contribution in [0, 0.1) is 6.92 Å². The molecule has 0 saturated carbocycles. The fourth-order valence-corrected chi connectivity index (χ4v) is 3.35. The molecule has 7 nitrogen and oxygen atoms in total. The molecule has 1 unspecified atom stereocenters. The van der Waals surface area contributed by atoms with Gasteiger partial charge in [0, 0.05) is 17.8 Å². The third kappa shape index (κ3) is 6.46. The van der Waals surface area contributed by atoms with Gasteiger partial charge in [0.1, 0.15) is 28.9 Å². The van der Waals surface area contributed by atoms with Gasteiger partial charge in [0.05, 0.1) is 14.2 Å². The number of nitrogens with one attached hydrogen (secondary N) is 2. The van der Waals surface area contributed by atoms with Crippen molar-refractivity contribution in [3.63, 3.8) is 0 Å². The zero-order valence-corrected chi connectivity index (χ0v) is 19.5. The third-order valence-electron chi connectivity index (χ3n) is 4.81. The number of halogens is 1. The monoisotopic (exact) mass is 489 g/mol. The van der Waals surface area contributed by atoms with Crippen molar-refractivity contribution < 1.29 is 19.3 Å². The molecule has 166 valence electrons. The molecule has 3 rings (SSSR count). The van der Waals surface area contributed by atoms with Crippen LogP contribution in [0.25, 0.3) is 11.4 Å². The SMILES string of the molecule is COc1ccc(CCNCC(O)COc2ccc(-c3nc(Br)c(C)[nH]3)cc2)cc1OC. The van der Waals surface area contributed by atoms with Crippen molar-refractivity contribution in [2.24, 2.45) is 0 Å². The number of aryl methyl sites for hydroxylation is 1. The van der Waals surface area contributed by atoms with Crippen molar-refractivity contribution in [3.8, 4) is 28.6 Å². The van der Waals surface area contributed by atoms with Crippen LogP contribution in [0.15, 0.2) is 47.1 Å². The molecule has 0 radical (unpaired) electrons. The number of aliphatic hydroxyl groups is 1. The second kappa shape index (κ2) is 11.2. The first kappa shape index (κ1) is 23.1. The molecule has 8 heteroatoms. The molecule has 1 heterocycles. The largest absolute Gasteiger partial charge is 0.493 e. The highest BCUT2D eigenvalue weighted by atomic mass is 79.9. The lowest BCUT2D eigenvalue weighted by molar-refractivity contribution is 0.106. The highest BCUT2D eigenvalue weighted by Crippen LogP contribution is 2.27. The fraction of sp³-hybridized carbons (Fsp3) is 0.348. The number of rotatable bonds is 11. The van der Waals surface area contributed by atoms with Crippen LogP contribution in [-0.4, -0.2) is 55.1 Å². The van der Waals surface area contributed by atoms with Crippen LogP contribution in [0.3, 0.4) is 0 Å². The van der Waals surface area contributed by atoms with Crippen LogP contribution in [0.1, 0.15) is 11.3 Å². The molecule has 3 aromatic rings. The highest BCUT2D eigenvalue weighted by molar-refractivity contribution is 9.10. The number of benzene rings is 2. The minimum atomic E-state index is -0.603. The molecule has 0 fully saturated rings. The van der Waals surface area contributed by atoms with Crippen molar-refractivity contribution in [2.45, 2.75) is 19.4 Å². The van der Waals surface area contributed by atoms with Crippen LogP contribution < -0.4 is 19.5 Å². The van der Waals surface area contributed by atoms with Crippen molar-refractivity contribution in [2.75, 3.05) is 33.9 Å². The lowest BCUT2D eigenvalue weighted by atomic mass is 10.1. The lowest BCUT2D eigenvalue weighted by Gasteiger charge is -2.14. The summed E-state index contributed by atoms with van der Waals surface area (Å²) >= 11 is 3.41. The summed E-state index contributed by atoms with van der Waals surface area (Å²) in [6, 6.07) is 13.5.